The molecule has 32 heavy (non-hydrogen) atoms. The van der Waals surface area contributed by atoms with Gasteiger partial charge in [-0.05, 0) is 65.7 Å². The third-order valence-corrected chi connectivity index (χ3v) is 6.26. The van der Waals surface area contributed by atoms with Gasteiger partial charge in [-0.2, -0.15) is 0 Å². The van der Waals surface area contributed by atoms with Crippen molar-refractivity contribution in [2.24, 2.45) is 0 Å². The maximum Gasteiger partial charge on any atom is 0.186 e. The van der Waals surface area contributed by atoms with Gasteiger partial charge in [-0.1, -0.05) is 35.9 Å². The molecule has 4 rings (SSSR count). The smallest absolute Gasteiger partial charge is 0.186 e. The van der Waals surface area contributed by atoms with Crippen LogP contribution in [-0.4, -0.2) is 18.8 Å². The van der Waals surface area contributed by atoms with E-state index >= 15 is 0 Å². The third kappa shape index (κ3) is 4.61. The van der Waals surface area contributed by atoms with Crippen LogP contribution in [0.25, 0.3) is 5.70 Å². The van der Waals surface area contributed by atoms with E-state index in [1.165, 1.54) is 5.56 Å². The quantitative estimate of drug-likeness (QED) is 0.458. The molecular weight excluding hydrogens is 468 g/mol. The molecule has 0 spiro atoms. The Morgan fingerprint density at radius 1 is 1.06 bits per heavy atom. The van der Waals surface area contributed by atoms with Gasteiger partial charge in [0.2, 0.25) is 0 Å². The summed E-state index contributed by atoms with van der Waals surface area (Å²) in [5, 5.41) is 16.8. The standard InChI is InChI=1S/C26H27BrN2O3/c1-4-32-24-7-5-6-19(25(24)30)22-15-21(17-10-8-16(2)9-11-17)28-26(29-22)18-12-13-23(31-3)20(27)14-18/h5-15,22,26,28-30H,4H2,1-3H3/p+1. The van der Waals surface area contributed by atoms with E-state index in [0.29, 0.717) is 12.4 Å². The van der Waals surface area contributed by atoms with Gasteiger partial charge in [-0.25, -0.2) is 0 Å². The molecule has 0 saturated heterocycles. The number of ether oxygens (including phenoxy) is 2. The van der Waals surface area contributed by atoms with Crippen LogP contribution in [0.3, 0.4) is 0 Å². The van der Waals surface area contributed by atoms with Gasteiger partial charge in [0.05, 0.1) is 23.8 Å². The lowest BCUT2D eigenvalue weighted by molar-refractivity contribution is -0.731. The van der Waals surface area contributed by atoms with Crippen molar-refractivity contribution < 1.29 is 19.9 Å². The van der Waals surface area contributed by atoms with Gasteiger partial charge in [0.1, 0.15) is 11.8 Å². The Bertz CT molecular complexity index is 1130. The number of nitrogens with one attached hydrogen (secondary N) is 1. The topological polar surface area (TPSA) is 67.3 Å². The number of hydrogen-bond acceptors (Lipinski definition) is 4. The lowest BCUT2D eigenvalue weighted by Crippen LogP contribution is -2.89. The fourth-order valence-corrected chi connectivity index (χ4v) is 4.52. The van der Waals surface area contributed by atoms with E-state index in [1.807, 2.05) is 25.1 Å². The number of phenols is 1. The largest absolute Gasteiger partial charge is 0.504 e. The molecule has 166 valence electrons. The molecule has 0 saturated carbocycles. The van der Waals surface area contributed by atoms with Gasteiger partial charge >= 0.3 is 0 Å². The normalized spacial score (nSPS) is 17.9. The van der Waals surface area contributed by atoms with Crippen LogP contribution in [-0.2, 0) is 0 Å². The summed E-state index contributed by atoms with van der Waals surface area (Å²) in [4.78, 5) is 0. The second-order valence-electron chi connectivity index (χ2n) is 7.81. The Kier molecular flexibility index (Phi) is 6.72. The number of para-hydroxylation sites is 1. The van der Waals surface area contributed by atoms with Crippen molar-refractivity contribution in [2.75, 3.05) is 13.7 Å². The molecule has 0 radical (unpaired) electrons. The summed E-state index contributed by atoms with van der Waals surface area (Å²) >= 11 is 3.60. The maximum atomic E-state index is 10.9. The van der Waals surface area contributed by atoms with Crippen LogP contribution < -0.4 is 20.1 Å². The van der Waals surface area contributed by atoms with Gasteiger partial charge in [0.15, 0.2) is 17.7 Å². The minimum atomic E-state index is -0.0983. The molecule has 0 bridgehead atoms. The molecule has 3 aromatic carbocycles. The van der Waals surface area contributed by atoms with E-state index in [4.69, 9.17) is 9.47 Å². The molecule has 0 fully saturated rings. The van der Waals surface area contributed by atoms with Gasteiger partial charge in [0.25, 0.3) is 0 Å². The highest BCUT2D eigenvalue weighted by molar-refractivity contribution is 9.10. The van der Waals surface area contributed by atoms with Crippen LogP contribution in [0.15, 0.2) is 71.2 Å². The molecule has 4 N–H and O–H groups in total. The minimum Gasteiger partial charge on any atom is -0.504 e. The number of hydrogen-bond donors (Lipinski definition) is 3. The zero-order valence-corrected chi connectivity index (χ0v) is 20.0. The van der Waals surface area contributed by atoms with E-state index < -0.39 is 0 Å². The van der Waals surface area contributed by atoms with Gasteiger partial charge in [-0.3, -0.25) is 0 Å². The third-order valence-electron chi connectivity index (χ3n) is 5.64. The van der Waals surface area contributed by atoms with Gasteiger partial charge < -0.3 is 25.2 Å². The number of halogens is 1. The van der Waals surface area contributed by atoms with Crippen LogP contribution in [0, 0.1) is 6.92 Å². The molecule has 1 aliphatic rings. The predicted molar refractivity (Wildman–Crippen MR) is 130 cm³/mol. The molecule has 0 aromatic heterocycles. The maximum absolute atomic E-state index is 10.9. The van der Waals surface area contributed by atoms with Crippen LogP contribution in [0.2, 0.25) is 0 Å². The first-order valence-electron chi connectivity index (χ1n) is 10.7. The van der Waals surface area contributed by atoms with Gasteiger partial charge in [0, 0.05) is 17.3 Å². The Hall–Kier alpha value is -2.96. The zero-order chi connectivity index (χ0) is 22.7. The molecule has 3 aromatic rings. The number of phenolic OH excluding ortho intramolecular Hbond substituents is 1. The summed E-state index contributed by atoms with van der Waals surface area (Å²) < 4.78 is 11.9. The number of aromatic hydroxyl groups is 1. The lowest BCUT2D eigenvalue weighted by atomic mass is 9.97. The molecule has 2 atom stereocenters. The summed E-state index contributed by atoms with van der Waals surface area (Å²) in [5.41, 5.74) is 5.26. The minimum absolute atomic E-state index is 0.0568. The Labute approximate surface area is 197 Å². The van der Waals surface area contributed by atoms with Crippen LogP contribution in [0.4, 0.5) is 0 Å². The summed E-state index contributed by atoms with van der Waals surface area (Å²) in [7, 11) is 1.66. The van der Waals surface area contributed by atoms with E-state index in [-0.39, 0.29) is 18.0 Å². The second-order valence-corrected chi connectivity index (χ2v) is 8.66. The number of rotatable bonds is 6. The molecule has 1 aliphatic heterocycles. The fraction of sp³-hybridized carbons (Fsp3) is 0.231. The lowest BCUT2D eigenvalue weighted by Gasteiger charge is -2.30. The molecule has 0 aliphatic carbocycles. The molecule has 5 nitrogen and oxygen atoms in total. The highest BCUT2D eigenvalue weighted by Gasteiger charge is 2.30. The van der Waals surface area contributed by atoms with Crippen molar-refractivity contribution in [1.82, 2.24) is 5.32 Å². The van der Waals surface area contributed by atoms with E-state index in [9.17, 15) is 5.11 Å². The van der Waals surface area contributed by atoms with Crippen molar-refractivity contribution in [3.8, 4) is 17.2 Å². The Morgan fingerprint density at radius 3 is 2.53 bits per heavy atom. The summed E-state index contributed by atoms with van der Waals surface area (Å²) in [6.45, 7) is 4.49. The average molecular weight is 496 g/mol. The SMILES string of the molecule is CCOc1cccc(C2C=C(c3ccc(C)cc3)NC(c3ccc(OC)c(Br)c3)[NH2+]2)c1O. The van der Waals surface area contributed by atoms with E-state index in [2.05, 4.69) is 76.0 Å². The highest BCUT2D eigenvalue weighted by atomic mass is 79.9. The predicted octanol–water partition coefficient (Wildman–Crippen LogP) is 4.82. The van der Waals surface area contributed by atoms with Crippen LogP contribution in [0.1, 0.15) is 41.4 Å². The van der Waals surface area contributed by atoms with Crippen LogP contribution in [0.5, 0.6) is 17.2 Å². The number of benzene rings is 3. The summed E-state index contributed by atoms with van der Waals surface area (Å²) in [6.07, 6.45) is 2.10. The fourth-order valence-electron chi connectivity index (χ4n) is 3.96. The number of nitrogens with two attached hydrogens (primary N) is 1. The molecule has 1 heterocycles. The zero-order valence-electron chi connectivity index (χ0n) is 18.4. The molecule has 2 unspecified atom stereocenters. The Morgan fingerprint density at radius 2 is 1.84 bits per heavy atom. The van der Waals surface area contributed by atoms with Gasteiger partial charge in [-0.15, -0.1) is 0 Å². The number of quaternary nitrogens is 1. The van der Waals surface area contributed by atoms with Crippen molar-refractivity contribution in [3.05, 3.63) is 93.5 Å². The Balaban J connectivity index is 1.76. The second kappa shape index (κ2) is 9.67. The van der Waals surface area contributed by atoms with Crippen molar-refractivity contribution in [2.45, 2.75) is 26.1 Å². The van der Waals surface area contributed by atoms with E-state index in [1.54, 1.807) is 13.2 Å². The number of methoxy groups -OCH3 is 1. The monoisotopic (exact) mass is 495 g/mol. The van der Waals surface area contributed by atoms with Crippen molar-refractivity contribution in [1.29, 1.82) is 0 Å². The van der Waals surface area contributed by atoms with Crippen LogP contribution >= 0.6 is 15.9 Å². The van der Waals surface area contributed by atoms with Crippen molar-refractivity contribution >= 4 is 21.6 Å². The summed E-state index contributed by atoms with van der Waals surface area (Å²) in [5.74, 6) is 1.48. The first-order chi connectivity index (χ1) is 15.5. The summed E-state index contributed by atoms with van der Waals surface area (Å²) in [6, 6.07) is 20.1. The first kappa shape index (κ1) is 22.2. The molecular formula is C26H28BrN2O3+. The molecule has 0 amide bonds. The molecule has 6 heteroatoms. The first-order valence-corrected chi connectivity index (χ1v) is 11.5. The van der Waals surface area contributed by atoms with Crippen molar-refractivity contribution in [3.63, 3.8) is 0 Å². The number of aryl methyl sites for hydroxylation is 1. The average Bonchev–Trinajstić information content (AvgIpc) is 2.80. The highest BCUT2D eigenvalue weighted by Crippen LogP contribution is 2.36. The van der Waals surface area contributed by atoms with E-state index in [0.717, 1.165) is 32.6 Å².